The van der Waals surface area contributed by atoms with E-state index in [2.05, 4.69) is 10.6 Å². The fraction of sp³-hybridized carbons (Fsp3) is 0.300. The number of fused-ring (bicyclic) bond motifs is 1. The molecule has 2 aromatic carbocycles. The van der Waals surface area contributed by atoms with Crippen molar-refractivity contribution in [3.63, 3.8) is 0 Å². The molecule has 27 heavy (non-hydrogen) atoms. The van der Waals surface area contributed by atoms with E-state index in [4.69, 9.17) is 14.6 Å². The highest BCUT2D eigenvalue weighted by Crippen LogP contribution is 2.47. The number of anilines is 1. The topological polar surface area (TPSA) is 96.9 Å². The summed E-state index contributed by atoms with van der Waals surface area (Å²) in [6.45, 7) is 0.291. The van der Waals surface area contributed by atoms with Gasteiger partial charge >= 0.3 is 12.0 Å². The Morgan fingerprint density at radius 1 is 1.00 bits per heavy atom. The number of hydrogen-bond acceptors (Lipinski definition) is 4. The maximum absolute atomic E-state index is 12.1. The van der Waals surface area contributed by atoms with Crippen molar-refractivity contribution in [3.05, 3.63) is 53.6 Å². The van der Waals surface area contributed by atoms with Crippen molar-refractivity contribution in [2.75, 3.05) is 5.32 Å². The Balaban J connectivity index is 1.33. The lowest BCUT2D eigenvalue weighted by Crippen LogP contribution is -2.34. The van der Waals surface area contributed by atoms with E-state index in [0.29, 0.717) is 23.7 Å². The fourth-order valence-corrected chi connectivity index (χ4v) is 3.41. The minimum absolute atomic E-state index is 0.212. The number of aromatic carboxylic acids is 1. The molecule has 2 aliphatic rings. The molecule has 7 heteroatoms. The van der Waals surface area contributed by atoms with Gasteiger partial charge in [-0.15, -0.1) is 0 Å². The number of rotatable bonds is 4. The Hall–Kier alpha value is -3.22. The van der Waals surface area contributed by atoms with Crippen LogP contribution in [0, 0.1) is 0 Å². The molecular weight excluding hydrogens is 348 g/mol. The lowest BCUT2D eigenvalue weighted by Gasteiger charge is -2.21. The van der Waals surface area contributed by atoms with Crippen LogP contribution in [0.4, 0.5) is 10.5 Å². The monoisotopic (exact) mass is 368 g/mol. The van der Waals surface area contributed by atoms with Gasteiger partial charge in [0.15, 0.2) is 11.5 Å². The van der Waals surface area contributed by atoms with E-state index >= 15 is 0 Å². The van der Waals surface area contributed by atoms with Crippen molar-refractivity contribution in [1.82, 2.24) is 5.32 Å². The van der Waals surface area contributed by atoms with E-state index in [1.54, 1.807) is 24.3 Å². The minimum atomic E-state index is -0.977. The Morgan fingerprint density at radius 2 is 1.70 bits per heavy atom. The van der Waals surface area contributed by atoms with Gasteiger partial charge in [0.2, 0.25) is 0 Å². The molecule has 3 N–H and O–H groups in total. The van der Waals surface area contributed by atoms with E-state index < -0.39 is 11.8 Å². The zero-order valence-electron chi connectivity index (χ0n) is 14.7. The lowest BCUT2D eigenvalue weighted by atomic mass is 10.1. The summed E-state index contributed by atoms with van der Waals surface area (Å²) >= 11 is 0. The van der Waals surface area contributed by atoms with E-state index in [0.717, 1.165) is 31.2 Å². The molecule has 0 aromatic heterocycles. The smallest absolute Gasteiger partial charge is 0.335 e. The van der Waals surface area contributed by atoms with Gasteiger partial charge in [-0.3, -0.25) is 0 Å². The average molecular weight is 368 g/mol. The first-order valence-electron chi connectivity index (χ1n) is 8.92. The molecule has 1 aliphatic heterocycles. The van der Waals surface area contributed by atoms with Gasteiger partial charge < -0.3 is 25.2 Å². The number of carbonyl (C=O) groups is 2. The number of carboxylic acid groups (broad SMARTS) is 1. The maximum atomic E-state index is 12.1. The predicted octanol–water partition coefficient (Wildman–Crippen LogP) is 3.75. The Kier molecular flexibility index (Phi) is 4.35. The molecule has 1 spiro atoms. The number of benzene rings is 2. The van der Waals surface area contributed by atoms with E-state index in [9.17, 15) is 9.59 Å². The van der Waals surface area contributed by atoms with Gasteiger partial charge in [0, 0.05) is 31.1 Å². The van der Waals surface area contributed by atoms with E-state index in [1.165, 1.54) is 12.1 Å². The third kappa shape index (κ3) is 3.67. The van der Waals surface area contributed by atoms with Crippen LogP contribution in [0.2, 0.25) is 0 Å². The van der Waals surface area contributed by atoms with Crippen molar-refractivity contribution < 1.29 is 24.2 Å². The molecule has 0 radical (unpaired) electrons. The number of urea groups is 1. The lowest BCUT2D eigenvalue weighted by molar-refractivity contribution is -0.0716. The number of ether oxygens (including phenoxy) is 2. The first-order valence-corrected chi connectivity index (χ1v) is 8.92. The van der Waals surface area contributed by atoms with Gasteiger partial charge in [-0.25, -0.2) is 9.59 Å². The number of carboxylic acids is 1. The predicted molar refractivity (Wildman–Crippen MR) is 98.2 cm³/mol. The van der Waals surface area contributed by atoms with E-state index in [-0.39, 0.29) is 11.6 Å². The van der Waals surface area contributed by atoms with Gasteiger partial charge in [-0.2, -0.15) is 0 Å². The number of nitrogens with one attached hydrogen (secondary N) is 2. The molecule has 0 bridgehead atoms. The van der Waals surface area contributed by atoms with Crippen LogP contribution in [-0.2, 0) is 6.54 Å². The minimum Gasteiger partial charge on any atom is -0.478 e. The number of carbonyl (C=O) groups excluding carboxylic acids is 1. The first kappa shape index (κ1) is 17.2. The van der Waals surface area contributed by atoms with Crippen molar-refractivity contribution in [2.24, 2.45) is 0 Å². The van der Waals surface area contributed by atoms with Crippen LogP contribution < -0.4 is 20.1 Å². The third-order valence-electron chi connectivity index (χ3n) is 4.81. The second-order valence-corrected chi connectivity index (χ2v) is 6.79. The zero-order chi connectivity index (χ0) is 18.9. The van der Waals surface area contributed by atoms with E-state index in [1.807, 2.05) is 6.07 Å². The fourth-order valence-electron chi connectivity index (χ4n) is 3.41. The Labute approximate surface area is 156 Å². The Morgan fingerprint density at radius 3 is 2.41 bits per heavy atom. The van der Waals surface area contributed by atoms with Crippen molar-refractivity contribution in [3.8, 4) is 11.5 Å². The van der Waals surface area contributed by atoms with Gasteiger partial charge in [0.25, 0.3) is 5.79 Å². The first-order chi connectivity index (χ1) is 13.0. The van der Waals surface area contributed by atoms with Crippen molar-refractivity contribution in [2.45, 2.75) is 38.0 Å². The molecular formula is C20H20N2O5. The summed E-state index contributed by atoms with van der Waals surface area (Å²) in [6, 6.07) is 11.4. The molecule has 1 saturated carbocycles. The SMILES string of the molecule is O=C(NCc1ccc(C(=O)O)cc1)Nc1ccc2c(c1)OC1(CCCC1)O2. The molecule has 140 valence electrons. The highest BCUT2D eigenvalue weighted by atomic mass is 16.7. The second-order valence-electron chi connectivity index (χ2n) is 6.79. The van der Waals surface area contributed by atoms with Crippen molar-refractivity contribution in [1.29, 1.82) is 0 Å². The molecule has 0 unspecified atom stereocenters. The summed E-state index contributed by atoms with van der Waals surface area (Å²) in [6.07, 6.45) is 3.95. The normalized spacial score (nSPS) is 16.3. The summed E-state index contributed by atoms with van der Waals surface area (Å²) in [5, 5.41) is 14.4. The molecule has 1 heterocycles. The summed E-state index contributed by atoms with van der Waals surface area (Å²) < 4.78 is 12.0. The molecule has 0 saturated heterocycles. The molecule has 1 aliphatic carbocycles. The quantitative estimate of drug-likeness (QED) is 0.764. The molecule has 1 fully saturated rings. The maximum Gasteiger partial charge on any atom is 0.335 e. The summed E-state index contributed by atoms with van der Waals surface area (Å²) in [5.74, 6) is -0.138. The van der Waals surface area contributed by atoms with Crippen LogP contribution in [0.1, 0.15) is 41.6 Å². The second kappa shape index (κ2) is 6.83. The van der Waals surface area contributed by atoms with Crippen molar-refractivity contribution >= 4 is 17.7 Å². The molecule has 2 aromatic rings. The van der Waals surface area contributed by atoms with Gasteiger partial charge in [-0.05, 0) is 42.7 Å². The van der Waals surface area contributed by atoms with Crippen LogP contribution in [0.5, 0.6) is 11.5 Å². The molecule has 7 nitrogen and oxygen atoms in total. The van der Waals surface area contributed by atoms with Gasteiger partial charge in [0.05, 0.1) is 5.56 Å². The van der Waals surface area contributed by atoms with Gasteiger partial charge in [-0.1, -0.05) is 12.1 Å². The molecule has 4 rings (SSSR count). The van der Waals surface area contributed by atoms with Crippen LogP contribution in [0.15, 0.2) is 42.5 Å². The third-order valence-corrected chi connectivity index (χ3v) is 4.81. The number of hydrogen-bond donors (Lipinski definition) is 3. The standard InChI is InChI=1S/C20H20N2O5/c23-18(24)14-5-3-13(4-6-14)12-21-19(25)22-15-7-8-16-17(11-15)27-20(26-16)9-1-2-10-20/h3-8,11H,1-2,9-10,12H2,(H,23,24)(H2,21,22,25). The molecule has 2 amide bonds. The highest BCUT2D eigenvalue weighted by molar-refractivity contribution is 5.90. The molecule has 0 atom stereocenters. The zero-order valence-corrected chi connectivity index (χ0v) is 14.7. The van der Waals surface area contributed by atoms with Crippen LogP contribution in [-0.4, -0.2) is 22.9 Å². The van der Waals surface area contributed by atoms with Crippen LogP contribution >= 0.6 is 0 Å². The summed E-state index contributed by atoms with van der Waals surface area (Å²) in [7, 11) is 0. The summed E-state index contributed by atoms with van der Waals surface area (Å²) in [4.78, 5) is 23.0. The average Bonchev–Trinajstić information content (AvgIpc) is 3.26. The van der Waals surface area contributed by atoms with Gasteiger partial charge in [0.1, 0.15) is 0 Å². The summed E-state index contributed by atoms with van der Waals surface area (Å²) in [5.41, 5.74) is 1.64. The van der Waals surface area contributed by atoms with Crippen LogP contribution in [0.3, 0.4) is 0 Å². The highest BCUT2D eigenvalue weighted by Gasteiger charge is 2.44. The number of amides is 2. The van der Waals surface area contributed by atoms with Crippen LogP contribution in [0.25, 0.3) is 0 Å². The Bertz CT molecular complexity index is 872. The largest absolute Gasteiger partial charge is 0.478 e.